The fourth-order valence-corrected chi connectivity index (χ4v) is 2.15. The molecule has 0 aliphatic heterocycles. The van der Waals surface area contributed by atoms with Crippen molar-refractivity contribution in [1.29, 1.82) is 0 Å². The first-order valence-corrected chi connectivity index (χ1v) is 6.88. The van der Waals surface area contributed by atoms with E-state index in [1.807, 2.05) is 30.3 Å². The molecule has 0 atom stereocenters. The van der Waals surface area contributed by atoms with Crippen LogP contribution in [0.5, 0.6) is 0 Å². The number of fused-ring (bicyclic) bond motifs is 1. The summed E-state index contributed by atoms with van der Waals surface area (Å²) in [6.07, 6.45) is 3.91. The lowest BCUT2D eigenvalue weighted by Gasteiger charge is -1.93. The molecule has 0 unspecified atom stereocenters. The Kier molecular flexibility index (Phi) is 3.78. The van der Waals surface area contributed by atoms with E-state index >= 15 is 0 Å². The van der Waals surface area contributed by atoms with E-state index in [0.29, 0.717) is 17.5 Å². The fraction of sp³-hybridized carbons (Fsp3) is 0.333. The monoisotopic (exact) mass is 271 g/mol. The van der Waals surface area contributed by atoms with Crippen molar-refractivity contribution < 1.29 is 8.94 Å². The second-order valence-corrected chi connectivity index (χ2v) is 4.76. The molecule has 2 N–H and O–H groups in total. The van der Waals surface area contributed by atoms with E-state index in [1.54, 1.807) is 0 Å². The van der Waals surface area contributed by atoms with Crippen LogP contribution in [0.4, 0.5) is 0 Å². The molecule has 0 aliphatic rings. The summed E-state index contributed by atoms with van der Waals surface area (Å²) >= 11 is 0. The highest BCUT2D eigenvalue weighted by Crippen LogP contribution is 2.25. The molecule has 20 heavy (non-hydrogen) atoms. The Morgan fingerprint density at radius 3 is 2.85 bits per heavy atom. The summed E-state index contributed by atoms with van der Waals surface area (Å²) in [5.41, 5.74) is 6.29. The molecule has 1 aromatic carbocycles. The Morgan fingerprint density at radius 2 is 2.00 bits per heavy atom. The van der Waals surface area contributed by atoms with Crippen LogP contribution in [-0.2, 0) is 6.42 Å². The SMILES string of the molecule is NCCCCCc1nc(-c2cc3ccccc3o2)no1. The highest BCUT2D eigenvalue weighted by molar-refractivity contribution is 5.81. The molecule has 5 nitrogen and oxygen atoms in total. The molecule has 0 saturated heterocycles. The molecule has 3 aromatic rings. The number of hydrogen-bond acceptors (Lipinski definition) is 5. The third-order valence-electron chi connectivity index (χ3n) is 3.21. The zero-order chi connectivity index (χ0) is 13.8. The molecule has 0 fully saturated rings. The average Bonchev–Trinajstić information content (AvgIpc) is 3.09. The smallest absolute Gasteiger partial charge is 0.238 e. The predicted molar refractivity (Wildman–Crippen MR) is 76.1 cm³/mol. The van der Waals surface area contributed by atoms with Crippen LogP contribution in [0.2, 0.25) is 0 Å². The zero-order valence-electron chi connectivity index (χ0n) is 11.2. The minimum absolute atomic E-state index is 0.509. The second-order valence-electron chi connectivity index (χ2n) is 4.76. The van der Waals surface area contributed by atoms with Crippen molar-refractivity contribution in [3.05, 3.63) is 36.2 Å². The van der Waals surface area contributed by atoms with Crippen LogP contribution in [0, 0.1) is 0 Å². The van der Waals surface area contributed by atoms with Crippen LogP contribution in [0.25, 0.3) is 22.6 Å². The number of para-hydroxylation sites is 1. The first kappa shape index (κ1) is 12.9. The van der Waals surface area contributed by atoms with Gasteiger partial charge in [0, 0.05) is 11.8 Å². The summed E-state index contributed by atoms with van der Waals surface area (Å²) in [4.78, 5) is 4.37. The Labute approximate surface area is 116 Å². The minimum atomic E-state index is 0.509. The maximum atomic E-state index is 5.71. The molecule has 3 rings (SSSR count). The van der Waals surface area contributed by atoms with Crippen molar-refractivity contribution in [2.45, 2.75) is 25.7 Å². The number of nitrogens with two attached hydrogens (primary N) is 1. The van der Waals surface area contributed by atoms with E-state index < -0.39 is 0 Å². The number of benzene rings is 1. The van der Waals surface area contributed by atoms with Gasteiger partial charge in [-0.25, -0.2) is 0 Å². The van der Waals surface area contributed by atoms with Crippen LogP contribution in [0.1, 0.15) is 25.2 Å². The van der Waals surface area contributed by atoms with Crippen LogP contribution in [-0.4, -0.2) is 16.7 Å². The maximum absolute atomic E-state index is 5.71. The van der Waals surface area contributed by atoms with Gasteiger partial charge in [-0.3, -0.25) is 0 Å². The first-order chi connectivity index (χ1) is 9.86. The van der Waals surface area contributed by atoms with Crippen molar-refractivity contribution in [3.63, 3.8) is 0 Å². The molecule has 104 valence electrons. The molecule has 2 heterocycles. The Morgan fingerprint density at radius 1 is 1.10 bits per heavy atom. The molecule has 0 aliphatic carbocycles. The fourth-order valence-electron chi connectivity index (χ4n) is 2.15. The number of unbranched alkanes of at least 4 members (excludes halogenated alkanes) is 2. The minimum Gasteiger partial charge on any atom is -0.453 e. The van der Waals surface area contributed by atoms with Crippen LogP contribution >= 0.6 is 0 Å². The van der Waals surface area contributed by atoms with Gasteiger partial charge in [0.05, 0.1) is 0 Å². The second kappa shape index (κ2) is 5.88. The van der Waals surface area contributed by atoms with E-state index in [2.05, 4.69) is 10.1 Å². The van der Waals surface area contributed by atoms with Gasteiger partial charge in [0.25, 0.3) is 0 Å². The summed E-state index contributed by atoms with van der Waals surface area (Å²) in [5, 5.41) is 5.01. The lowest BCUT2D eigenvalue weighted by Crippen LogP contribution is -1.98. The molecule has 0 saturated carbocycles. The summed E-state index contributed by atoms with van der Waals surface area (Å²) in [7, 11) is 0. The molecule has 0 amide bonds. The molecule has 5 heteroatoms. The molecule has 2 aromatic heterocycles. The zero-order valence-corrected chi connectivity index (χ0v) is 11.2. The van der Waals surface area contributed by atoms with Gasteiger partial charge in [-0.1, -0.05) is 29.8 Å². The number of nitrogens with zero attached hydrogens (tertiary/aromatic N) is 2. The van der Waals surface area contributed by atoms with Crippen molar-refractivity contribution in [2.24, 2.45) is 5.73 Å². The Balaban J connectivity index is 1.72. The van der Waals surface area contributed by atoms with Crippen LogP contribution < -0.4 is 5.73 Å². The third kappa shape index (κ3) is 2.72. The lowest BCUT2D eigenvalue weighted by molar-refractivity contribution is 0.373. The highest BCUT2D eigenvalue weighted by Gasteiger charge is 2.12. The first-order valence-electron chi connectivity index (χ1n) is 6.88. The van der Waals surface area contributed by atoms with Gasteiger partial charge >= 0.3 is 0 Å². The van der Waals surface area contributed by atoms with Gasteiger partial charge in [0.15, 0.2) is 5.76 Å². The topological polar surface area (TPSA) is 78.1 Å². The van der Waals surface area contributed by atoms with Gasteiger partial charge in [0.1, 0.15) is 5.58 Å². The largest absolute Gasteiger partial charge is 0.453 e. The van der Waals surface area contributed by atoms with E-state index in [1.165, 1.54) is 0 Å². The maximum Gasteiger partial charge on any atom is 0.238 e. The molecule has 0 spiro atoms. The van der Waals surface area contributed by atoms with E-state index in [9.17, 15) is 0 Å². The Bertz CT molecular complexity index is 654. The van der Waals surface area contributed by atoms with Gasteiger partial charge < -0.3 is 14.7 Å². The number of rotatable bonds is 6. The number of furan rings is 1. The number of aryl methyl sites for hydroxylation is 1. The normalized spacial score (nSPS) is 11.2. The third-order valence-corrected chi connectivity index (χ3v) is 3.21. The summed E-state index contributed by atoms with van der Waals surface area (Å²) in [6, 6.07) is 9.76. The van der Waals surface area contributed by atoms with E-state index in [0.717, 1.165) is 43.2 Å². The Hall–Kier alpha value is -2.14. The summed E-state index contributed by atoms with van der Waals surface area (Å²) < 4.78 is 11.0. The van der Waals surface area contributed by atoms with E-state index in [4.69, 9.17) is 14.7 Å². The van der Waals surface area contributed by atoms with Gasteiger partial charge in [-0.15, -0.1) is 0 Å². The van der Waals surface area contributed by atoms with Crippen molar-refractivity contribution in [3.8, 4) is 11.6 Å². The molecular weight excluding hydrogens is 254 g/mol. The van der Waals surface area contributed by atoms with Gasteiger partial charge in [-0.2, -0.15) is 4.98 Å². The van der Waals surface area contributed by atoms with Crippen molar-refractivity contribution in [1.82, 2.24) is 10.1 Å². The van der Waals surface area contributed by atoms with Crippen LogP contribution in [0.15, 0.2) is 39.3 Å². The summed E-state index contributed by atoms with van der Waals surface area (Å²) in [6.45, 7) is 0.730. The molecular formula is C15H17N3O2. The van der Waals surface area contributed by atoms with Gasteiger partial charge in [-0.05, 0) is 31.5 Å². The van der Waals surface area contributed by atoms with Crippen molar-refractivity contribution >= 4 is 11.0 Å². The lowest BCUT2D eigenvalue weighted by atomic mass is 10.2. The summed E-state index contributed by atoms with van der Waals surface area (Å²) in [5.74, 6) is 1.80. The van der Waals surface area contributed by atoms with Gasteiger partial charge in [0.2, 0.25) is 11.7 Å². The standard InChI is InChI=1S/C15H17N3O2/c16-9-5-1-2-8-14-17-15(18-20-14)13-10-11-6-3-4-7-12(11)19-13/h3-4,6-7,10H,1-2,5,8-9,16H2. The van der Waals surface area contributed by atoms with E-state index in [-0.39, 0.29) is 0 Å². The highest BCUT2D eigenvalue weighted by atomic mass is 16.5. The quantitative estimate of drug-likeness (QED) is 0.697. The average molecular weight is 271 g/mol. The molecule has 0 radical (unpaired) electrons. The number of aromatic nitrogens is 2. The molecule has 0 bridgehead atoms. The van der Waals surface area contributed by atoms with Crippen molar-refractivity contribution in [2.75, 3.05) is 6.54 Å². The number of hydrogen-bond donors (Lipinski definition) is 1. The predicted octanol–water partition coefficient (Wildman–Crippen LogP) is 3.15. The van der Waals surface area contributed by atoms with Crippen LogP contribution in [0.3, 0.4) is 0 Å².